The zero-order valence-electron chi connectivity index (χ0n) is 15.7. The summed E-state index contributed by atoms with van der Waals surface area (Å²) in [4.78, 5) is 19.2. The molecule has 1 amide bonds. The van der Waals surface area contributed by atoms with Crippen LogP contribution in [0.15, 0.2) is 12.3 Å². The molecule has 0 spiro atoms. The summed E-state index contributed by atoms with van der Waals surface area (Å²) in [7, 11) is 3.67. The second kappa shape index (κ2) is 6.71. The Morgan fingerprint density at radius 3 is 2.76 bits per heavy atom. The summed E-state index contributed by atoms with van der Waals surface area (Å²) in [5, 5.41) is 8.00. The lowest BCUT2D eigenvalue weighted by molar-refractivity contribution is -0.159. The average Bonchev–Trinajstić information content (AvgIpc) is 2.99. The summed E-state index contributed by atoms with van der Waals surface area (Å²) in [6.07, 6.45) is 4.73. The van der Waals surface area contributed by atoms with E-state index in [1.807, 2.05) is 18.9 Å². The molecule has 0 bridgehead atoms. The highest BCUT2D eigenvalue weighted by atomic mass is 16.5. The lowest BCUT2D eigenvalue weighted by atomic mass is 9.58. The van der Waals surface area contributed by atoms with Crippen molar-refractivity contribution >= 4 is 17.1 Å². The second-order valence-corrected chi connectivity index (χ2v) is 6.83. The number of aryl methyl sites for hydroxylation is 1. The van der Waals surface area contributed by atoms with Crippen LogP contribution in [0.3, 0.4) is 0 Å². The molecule has 0 radical (unpaired) electrons. The van der Waals surface area contributed by atoms with Gasteiger partial charge in [0.15, 0.2) is 5.65 Å². The van der Waals surface area contributed by atoms with Crippen LogP contribution >= 0.6 is 0 Å². The van der Waals surface area contributed by atoms with Crippen molar-refractivity contribution in [2.24, 2.45) is 12.5 Å². The van der Waals surface area contributed by atoms with Crippen molar-refractivity contribution in [2.45, 2.75) is 52.2 Å². The monoisotopic (exact) mass is 345 g/mol. The molecule has 7 heteroatoms. The van der Waals surface area contributed by atoms with Crippen LogP contribution in [0.5, 0.6) is 0 Å². The van der Waals surface area contributed by atoms with Gasteiger partial charge in [-0.25, -0.2) is 9.67 Å². The standard InChI is InChI=1S/C18H27N5O2/c1-6-18(7-2)14(10-15(18)25-8-3)22(4)17(24)12-9-13-16(19-11-12)23(5)21-20-13/h9,11,14-15H,6-8,10H2,1-5H3. The minimum Gasteiger partial charge on any atom is -0.378 e. The molecule has 1 aliphatic carbocycles. The quantitative estimate of drug-likeness (QED) is 0.804. The van der Waals surface area contributed by atoms with E-state index in [0.29, 0.717) is 23.3 Å². The largest absolute Gasteiger partial charge is 0.378 e. The zero-order valence-corrected chi connectivity index (χ0v) is 15.7. The minimum atomic E-state index is -0.0220. The smallest absolute Gasteiger partial charge is 0.255 e. The fraction of sp³-hybridized carbons (Fsp3) is 0.667. The van der Waals surface area contributed by atoms with E-state index in [1.165, 1.54) is 0 Å². The van der Waals surface area contributed by atoms with Crippen molar-refractivity contribution in [3.05, 3.63) is 17.8 Å². The van der Waals surface area contributed by atoms with Crippen LogP contribution in [0, 0.1) is 5.41 Å². The number of ether oxygens (including phenoxy) is 1. The first kappa shape index (κ1) is 17.8. The van der Waals surface area contributed by atoms with E-state index >= 15 is 0 Å². The van der Waals surface area contributed by atoms with E-state index in [4.69, 9.17) is 4.74 Å². The van der Waals surface area contributed by atoms with E-state index in [0.717, 1.165) is 19.3 Å². The third kappa shape index (κ3) is 2.70. The normalized spacial score (nSPS) is 22.0. The molecular formula is C18H27N5O2. The average molecular weight is 345 g/mol. The maximum Gasteiger partial charge on any atom is 0.255 e. The molecule has 0 saturated heterocycles. The van der Waals surface area contributed by atoms with Gasteiger partial charge < -0.3 is 9.64 Å². The number of carbonyl (C=O) groups excluding carboxylic acids is 1. The zero-order chi connectivity index (χ0) is 18.2. The fourth-order valence-corrected chi connectivity index (χ4v) is 4.27. The van der Waals surface area contributed by atoms with E-state index in [2.05, 4.69) is 29.1 Å². The molecule has 0 aliphatic heterocycles. The molecule has 2 unspecified atom stereocenters. The van der Waals surface area contributed by atoms with Gasteiger partial charge in [0.1, 0.15) is 5.52 Å². The van der Waals surface area contributed by atoms with Crippen molar-refractivity contribution in [3.8, 4) is 0 Å². The van der Waals surface area contributed by atoms with E-state index < -0.39 is 0 Å². The summed E-state index contributed by atoms with van der Waals surface area (Å²) >= 11 is 0. The predicted molar refractivity (Wildman–Crippen MR) is 95.2 cm³/mol. The highest BCUT2D eigenvalue weighted by molar-refractivity contribution is 5.96. The van der Waals surface area contributed by atoms with E-state index in [9.17, 15) is 4.79 Å². The molecule has 136 valence electrons. The number of fused-ring (bicyclic) bond motifs is 1. The van der Waals surface area contributed by atoms with Gasteiger partial charge in [0.05, 0.1) is 11.7 Å². The lowest BCUT2D eigenvalue weighted by Crippen LogP contribution is -2.64. The number of nitrogens with zero attached hydrogens (tertiary/aromatic N) is 5. The molecule has 1 aliphatic rings. The number of hydrogen-bond acceptors (Lipinski definition) is 5. The number of pyridine rings is 1. The van der Waals surface area contributed by atoms with Gasteiger partial charge >= 0.3 is 0 Å². The Hall–Kier alpha value is -2.02. The highest BCUT2D eigenvalue weighted by Gasteiger charge is 2.55. The third-order valence-corrected chi connectivity index (χ3v) is 5.90. The first-order chi connectivity index (χ1) is 12.0. The SMILES string of the molecule is CCOC1CC(N(C)C(=O)c2cnc3c(c2)nnn3C)C1(CC)CC. The Balaban J connectivity index is 1.83. The van der Waals surface area contributed by atoms with Gasteiger partial charge in [-0.05, 0) is 32.3 Å². The molecule has 3 rings (SSSR count). The lowest BCUT2D eigenvalue weighted by Gasteiger charge is -2.58. The summed E-state index contributed by atoms with van der Waals surface area (Å²) in [5.41, 5.74) is 1.90. The molecular weight excluding hydrogens is 318 g/mol. The topological polar surface area (TPSA) is 73.1 Å². The van der Waals surface area contributed by atoms with Gasteiger partial charge in [-0.15, -0.1) is 5.10 Å². The number of rotatable bonds is 6. The van der Waals surface area contributed by atoms with Crippen molar-refractivity contribution in [1.82, 2.24) is 24.9 Å². The van der Waals surface area contributed by atoms with Crippen molar-refractivity contribution in [3.63, 3.8) is 0 Å². The molecule has 2 heterocycles. The Labute approximate surface area is 148 Å². The van der Waals surface area contributed by atoms with E-state index in [-0.39, 0.29) is 23.5 Å². The van der Waals surface area contributed by atoms with Crippen molar-refractivity contribution in [2.75, 3.05) is 13.7 Å². The van der Waals surface area contributed by atoms with Crippen molar-refractivity contribution < 1.29 is 9.53 Å². The third-order valence-electron chi connectivity index (χ3n) is 5.90. The molecule has 25 heavy (non-hydrogen) atoms. The maximum atomic E-state index is 13.0. The van der Waals surface area contributed by atoms with Crippen molar-refractivity contribution in [1.29, 1.82) is 0 Å². The Morgan fingerprint density at radius 1 is 1.40 bits per heavy atom. The molecule has 2 atom stereocenters. The Kier molecular flexibility index (Phi) is 4.77. The molecule has 2 aromatic rings. The summed E-state index contributed by atoms with van der Waals surface area (Å²) in [6, 6.07) is 1.95. The number of hydrogen-bond donors (Lipinski definition) is 0. The van der Waals surface area contributed by atoms with Crippen LogP contribution in [-0.4, -0.2) is 56.6 Å². The molecule has 2 aromatic heterocycles. The highest BCUT2D eigenvalue weighted by Crippen LogP contribution is 2.51. The number of amides is 1. The summed E-state index contributed by atoms with van der Waals surface area (Å²) in [6.45, 7) is 7.12. The molecule has 1 saturated carbocycles. The van der Waals surface area contributed by atoms with Gasteiger partial charge in [-0.3, -0.25) is 4.79 Å². The van der Waals surface area contributed by atoms with E-state index in [1.54, 1.807) is 24.0 Å². The number of carbonyl (C=O) groups is 1. The van der Waals surface area contributed by atoms with Gasteiger partial charge in [0.25, 0.3) is 5.91 Å². The van der Waals surface area contributed by atoms with Crippen LogP contribution in [0.1, 0.15) is 50.4 Å². The number of aromatic nitrogens is 4. The molecule has 1 fully saturated rings. The van der Waals surface area contributed by atoms with Gasteiger partial charge in [0, 0.05) is 38.4 Å². The molecule has 0 aromatic carbocycles. The van der Waals surface area contributed by atoms with Crippen LogP contribution in [0.4, 0.5) is 0 Å². The predicted octanol–water partition coefficient (Wildman–Crippen LogP) is 2.42. The van der Waals surface area contributed by atoms with Gasteiger partial charge in [0.2, 0.25) is 0 Å². The summed E-state index contributed by atoms with van der Waals surface area (Å²) < 4.78 is 7.53. The van der Waals surface area contributed by atoms with Crippen LogP contribution in [0.25, 0.3) is 11.2 Å². The molecule has 0 N–H and O–H groups in total. The Bertz CT molecular complexity index is 768. The molecule has 7 nitrogen and oxygen atoms in total. The Morgan fingerprint density at radius 2 is 2.12 bits per heavy atom. The first-order valence-corrected chi connectivity index (χ1v) is 9.02. The second-order valence-electron chi connectivity index (χ2n) is 6.83. The van der Waals surface area contributed by atoms with Crippen LogP contribution in [-0.2, 0) is 11.8 Å². The first-order valence-electron chi connectivity index (χ1n) is 9.02. The van der Waals surface area contributed by atoms with Crippen LogP contribution in [0.2, 0.25) is 0 Å². The van der Waals surface area contributed by atoms with Crippen LogP contribution < -0.4 is 0 Å². The van der Waals surface area contributed by atoms with Gasteiger partial charge in [-0.1, -0.05) is 19.1 Å². The fourth-order valence-electron chi connectivity index (χ4n) is 4.27. The maximum absolute atomic E-state index is 13.0. The summed E-state index contributed by atoms with van der Waals surface area (Å²) in [5.74, 6) is -0.0220. The minimum absolute atomic E-state index is 0.0220. The van der Waals surface area contributed by atoms with Gasteiger partial charge in [-0.2, -0.15) is 0 Å².